The number of aromatic carboxylic acids is 1. The Labute approximate surface area is 180 Å². The van der Waals surface area contributed by atoms with Gasteiger partial charge in [-0.2, -0.15) is 0 Å². The van der Waals surface area contributed by atoms with Crippen molar-refractivity contribution in [2.75, 3.05) is 0 Å². The summed E-state index contributed by atoms with van der Waals surface area (Å²) < 4.78 is 2.18. The van der Waals surface area contributed by atoms with E-state index in [1.54, 1.807) is 12.1 Å². The van der Waals surface area contributed by atoms with Crippen molar-refractivity contribution in [1.29, 1.82) is 0 Å². The number of aliphatic hydroxyl groups excluding tert-OH is 1. The van der Waals surface area contributed by atoms with E-state index in [9.17, 15) is 15.0 Å². The van der Waals surface area contributed by atoms with Gasteiger partial charge in [0.2, 0.25) is 0 Å². The van der Waals surface area contributed by atoms with Gasteiger partial charge in [0.1, 0.15) is 5.82 Å². The van der Waals surface area contributed by atoms with E-state index in [0.29, 0.717) is 17.7 Å². The van der Waals surface area contributed by atoms with Crippen molar-refractivity contribution in [2.45, 2.75) is 26.5 Å². The summed E-state index contributed by atoms with van der Waals surface area (Å²) in [6.45, 7) is 2.62. The van der Waals surface area contributed by atoms with Crippen molar-refractivity contribution in [3.63, 3.8) is 0 Å². The largest absolute Gasteiger partial charge is 0.478 e. The predicted octanol–water partition coefficient (Wildman–Crippen LogP) is 5.06. The van der Waals surface area contributed by atoms with Gasteiger partial charge in [-0.1, -0.05) is 60.7 Å². The molecule has 0 atom stereocenters. The van der Waals surface area contributed by atoms with E-state index in [1.807, 2.05) is 67.6 Å². The van der Waals surface area contributed by atoms with E-state index >= 15 is 0 Å². The molecule has 156 valence electrons. The van der Waals surface area contributed by atoms with Crippen molar-refractivity contribution < 1.29 is 15.0 Å². The quantitative estimate of drug-likeness (QED) is 0.416. The number of nitrogens with zero attached hydrogens (tertiary/aromatic N) is 2. The second-order valence-electron chi connectivity index (χ2n) is 7.42. The van der Waals surface area contributed by atoms with Gasteiger partial charge in [0.05, 0.1) is 23.2 Å². The molecule has 0 fully saturated rings. The van der Waals surface area contributed by atoms with Gasteiger partial charge < -0.3 is 14.8 Å². The number of aromatic nitrogens is 2. The highest BCUT2D eigenvalue weighted by atomic mass is 16.4. The molecule has 5 nitrogen and oxygen atoms in total. The van der Waals surface area contributed by atoms with Crippen LogP contribution < -0.4 is 0 Å². The average Bonchev–Trinajstić information content (AvgIpc) is 3.14. The maximum absolute atomic E-state index is 11.5. The zero-order chi connectivity index (χ0) is 21.8. The van der Waals surface area contributed by atoms with E-state index in [-0.39, 0.29) is 6.61 Å². The minimum Gasteiger partial charge on any atom is -0.478 e. The van der Waals surface area contributed by atoms with Crippen molar-refractivity contribution in [3.05, 3.63) is 101 Å². The SMILES string of the molecule is C/C=C/Cc1nc2ccc(CO)cc2n1Cc1ccc(-c2ccccc2C(=O)O)cc1. The molecule has 31 heavy (non-hydrogen) atoms. The van der Waals surface area contributed by atoms with Crippen LogP contribution in [0.15, 0.2) is 78.9 Å². The number of hydrogen-bond donors (Lipinski definition) is 2. The number of carbonyl (C=O) groups is 1. The standard InChI is InChI=1S/C26H24N2O3/c1-2-3-8-25-27-23-14-11-19(17-29)15-24(23)28(25)16-18-9-12-20(13-10-18)21-6-4-5-7-22(21)26(30)31/h2-7,9-15,29H,8,16-17H2,1H3,(H,30,31)/b3-2+. The Morgan fingerprint density at radius 2 is 1.77 bits per heavy atom. The van der Waals surface area contributed by atoms with E-state index < -0.39 is 5.97 Å². The van der Waals surface area contributed by atoms with E-state index in [4.69, 9.17) is 4.98 Å². The van der Waals surface area contributed by atoms with Gasteiger partial charge in [0.15, 0.2) is 0 Å². The summed E-state index contributed by atoms with van der Waals surface area (Å²) in [4.78, 5) is 16.3. The molecule has 0 aliphatic heterocycles. The Kier molecular flexibility index (Phi) is 5.96. The van der Waals surface area contributed by atoms with Crippen LogP contribution in [0.25, 0.3) is 22.2 Å². The number of carboxylic acids is 1. The first-order valence-corrected chi connectivity index (χ1v) is 10.2. The minimum atomic E-state index is -0.933. The molecule has 0 unspecified atom stereocenters. The molecule has 2 N–H and O–H groups in total. The number of carboxylic acid groups (broad SMARTS) is 1. The van der Waals surface area contributed by atoms with Gasteiger partial charge in [-0.3, -0.25) is 0 Å². The molecular formula is C26H24N2O3. The number of aliphatic hydroxyl groups is 1. The van der Waals surface area contributed by atoms with Crippen LogP contribution in [-0.4, -0.2) is 25.7 Å². The van der Waals surface area contributed by atoms with Crippen LogP contribution in [0.5, 0.6) is 0 Å². The maximum Gasteiger partial charge on any atom is 0.336 e. The van der Waals surface area contributed by atoms with Crippen LogP contribution in [0.3, 0.4) is 0 Å². The van der Waals surface area contributed by atoms with E-state index in [0.717, 1.165) is 40.0 Å². The molecule has 0 spiro atoms. The Morgan fingerprint density at radius 3 is 2.48 bits per heavy atom. The molecule has 4 aromatic rings. The number of hydrogen-bond acceptors (Lipinski definition) is 3. The molecule has 5 heteroatoms. The van der Waals surface area contributed by atoms with Crippen LogP contribution in [0.4, 0.5) is 0 Å². The molecule has 0 amide bonds. The van der Waals surface area contributed by atoms with Crippen LogP contribution in [-0.2, 0) is 19.6 Å². The Hall–Kier alpha value is -3.70. The fourth-order valence-corrected chi connectivity index (χ4v) is 3.77. The number of fused-ring (bicyclic) bond motifs is 1. The first kappa shape index (κ1) is 20.6. The Bertz CT molecular complexity index is 1250. The summed E-state index contributed by atoms with van der Waals surface area (Å²) in [7, 11) is 0. The van der Waals surface area contributed by atoms with Crippen molar-refractivity contribution in [1.82, 2.24) is 9.55 Å². The molecule has 4 rings (SSSR count). The summed E-state index contributed by atoms with van der Waals surface area (Å²) in [5.41, 5.74) is 5.71. The zero-order valence-corrected chi connectivity index (χ0v) is 17.3. The summed E-state index contributed by atoms with van der Waals surface area (Å²) in [5.74, 6) is 0.0290. The molecule has 0 aliphatic carbocycles. The number of benzene rings is 3. The second-order valence-corrected chi connectivity index (χ2v) is 7.42. The van der Waals surface area contributed by atoms with Crippen LogP contribution in [0.1, 0.15) is 34.2 Å². The van der Waals surface area contributed by atoms with Crippen molar-refractivity contribution in [3.8, 4) is 11.1 Å². The number of rotatable bonds is 7. The predicted molar refractivity (Wildman–Crippen MR) is 122 cm³/mol. The Morgan fingerprint density at radius 1 is 1.03 bits per heavy atom. The number of imidazole rings is 1. The number of allylic oxidation sites excluding steroid dienone is 2. The van der Waals surface area contributed by atoms with E-state index in [2.05, 4.69) is 10.6 Å². The second kappa shape index (κ2) is 8.98. The highest BCUT2D eigenvalue weighted by Gasteiger charge is 2.13. The maximum atomic E-state index is 11.5. The molecule has 3 aromatic carbocycles. The smallest absolute Gasteiger partial charge is 0.336 e. The fourth-order valence-electron chi connectivity index (χ4n) is 3.77. The van der Waals surface area contributed by atoms with E-state index in [1.165, 1.54) is 0 Å². The van der Waals surface area contributed by atoms with Crippen LogP contribution in [0.2, 0.25) is 0 Å². The normalized spacial score (nSPS) is 11.4. The first-order chi connectivity index (χ1) is 15.1. The topological polar surface area (TPSA) is 75.4 Å². The average molecular weight is 412 g/mol. The van der Waals surface area contributed by atoms with Crippen molar-refractivity contribution >= 4 is 17.0 Å². The minimum absolute atomic E-state index is 0.0109. The summed E-state index contributed by atoms with van der Waals surface area (Å²) in [6.07, 6.45) is 4.82. The molecule has 0 bridgehead atoms. The lowest BCUT2D eigenvalue weighted by Crippen LogP contribution is -2.05. The van der Waals surface area contributed by atoms with Gasteiger partial charge in [-0.05, 0) is 47.4 Å². The van der Waals surface area contributed by atoms with Crippen LogP contribution >= 0.6 is 0 Å². The monoisotopic (exact) mass is 412 g/mol. The summed E-state index contributed by atoms with van der Waals surface area (Å²) >= 11 is 0. The molecule has 0 aliphatic rings. The Balaban J connectivity index is 1.70. The van der Waals surface area contributed by atoms with Crippen LogP contribution in [0, 0.1) is 0 Å². The third kappa shape index (κ3) is 4.27. The van der Waals surface area contributed by atoms with Gasteiger partial charge >= 0.3 is 5.97 Å². The highest BCUT2D eigenvalue weighted by molar-refractivity contribution is 5.96. The molecule has 0 saturated carbocycles. The molecule has 0 saturated heterocycles. The first-order valence-electron chi connectivity index (χ1n) is 10.2. The lowest BCUT2D eigenvalue weighted by Gasteiger charge is -2.11. The van der Waals surface area contributed by atoms with Gasteiger partial charge in [-0.25, -0.2) is 9.78 Å². The molecule has 0 radical (unpaired) electrons. The molecule has 1 heterocycles. The molecular weight excluding hydrogens is 388 g/mol. The van der Waals surface area contributed by atoms with Gasteiger partial charge in [0.25, 0.3) is 0 Å². The molecule has 1 aromatic heterocycles. The van der Waals surface area contributed by atoms with Crippen molar-refractivity contribution in [2.24, 2.45) is 0 Å². The lowest BCUT2D eigenvalue weighted by atomic mass is 9.99. The van der Waals surface area contributed by atoms with Gasteiger partial charge in [0, 0.05) is 13.0 Å². The highest BCUT2D eigenvalue weighted by Crippen LogP contribution is 2.25. The third-order valence-electron chi connectivity index (χ3n) is 5.37. The fraction of sp³-hybridized carbons (Fsp3) is 0.154. The van der Waals surface area contributed by atoms with Gasteiger partial charge in [-0.15, -0.1) is 0 Å². The summed E-state index contributed by atoms with van der Waals surface area (Å²) in [5, 5.41) is 19.0. The third-order valence-corrected chi connectivity index (χ3v) is 5.37. The zero-order valence-electron chi connectivity index (χ0n) is 17.3. The summed E-state index contributed by atoms with van der Waals surface area (Å²) in [6, 6.07) is 20.8. The lowest BCUT2D eigenvalue weighted by molar-refractivity contribution is 0.0697.